The van der Waals surface area contributed by atoms with E-state index in [9.17, 15) is 0 Å². The maximum Gasteiger partial charge on any atom is 0.231 e. The lowest BCUT2D eigenvalue weighted by Gasteiger charge is -2.34. The molecular formula is C24H24N6O. The highest BCUT2D eigenvalue weighted by Gasteiger charge is 2.19. The van der Waals surface area contributed by atoms with E-state index in [-0.39, 0.29) is 0 Å². The summed E-state index contributed by atoms with van der Waals surface area (Å²) < 4.78 is 5.51. The van der Waals surface area contributed by atoms with Crippen molar-refractivity contribution in [3.63, 3.8) is 0 Å². The van der Waals surface area contributed by atoms with Crippen molar-refractivity contribution in [1.82, 2.24) is 24.9 Å². The standard InChI is InChI=1S/C24H24N6O/c25-14-18-5-7-19(8-6-18)16-29-9-11-30(12-10-29)17-23-27-24(31-28-23)13-20-15-26-22-4-2-1-3-21(20)22/h1-8,15,26H,9-13,16-17H2. The molecule has 3 heterocycles. The second-order valence-corrected chi connectivity index (χ2v) is 8.00. The van der Waals surface area contributed by atoms with Crippen LogP contribution >= 0.6 is 0 Å². The lowest BCUT2D eigenvalue weighted by atomic mass is 10.1. The number of rotatable bonds is 6. The minimum Gasteiger partial charge on any atom is -0.361 e. The minimum absolute atomic E-state index is 0.634. The summed E-state index contributed by atoms with van der Waals surface area (Å²) in [6.07, 6.45) is 2.65. The fraction of sp³-hybridized carbons (Fsp3) is 0.292. The Morgan fingerprint density at radius 3 is 2.48 bits per heavy atom. The number of para-hydroxylation sites is 1. The summed E-state index contributed by atoms with van der Waals surface area (Å²) in [5.41, 5.74) is 4.24. The molecule has 1 fully saturated rings. The van der Waals surface area contributed by atoms with E-state index in [1.54, 1.807) is 0 Å². The molecule has 5 rings (SSSR count). The van der Waals surface area contributed by atoms with Gasteiger partial charge in [0.05, 0.1) is 24.6 Å². The van der Waals surface area contributed by atoms with E-state index in [1.165, 1.54) is 16.5 Å². The van der Waals surface area contributed by atoms with Gasteiger partial charge in [-0.05, 0) is 29.3 Å². The molecular weight excluding hydrogens is 388 g/mol. The molecule has 156 valence electrons. The van der Waals surface area contributed by atoms with E-state index in [0.717, 1.165) is 44.1 Å². The number of nitrogens with zero attached hydrogens (tertiary/aromatic N) is 5. The van der Waals surface area contributed by atoms with Gasteiger partial charge >= 0.3 is 0 Å². The summed E-state index contributed by atoms with van der Waals surface area (Å²) in [6, 6.07) is 18.3. The van der Waals surface area contributed by atoms with Crippen molar-refractivity contribution in [1.29, 1.82) is 5.26 Å². The topological polar surface area (TPSA) is 85.0 Å². The molecule has 4 aromatic rings. The maximum atomic E-state index is 8.92. The maximum absolute atomic E-state index is 8.92. The number of H-pyrrole nitrogens is 1. The van der Waals surface area contributed by atoms with Crippen LogP contribution < -0.4 is 0 Å². The van der Waals surface area contributed by atoms with Gasteiger partial charge in [-0.25, -0.2) is 0 Å². The lowest BCUT2D eigenvalue weighted by molar-refractivity contribution is 0.119. The van der Waals surface area contributed by atoms with Gasteiger partial charge in [0.25, 0.3) is 0 Å². The molecule has 1 saturated heterocycles. The molecule has 1 aliphatic rings. The first kappa shape index (κ1) is 19.5. The number of piperazine rings is 1. The van der Waals surface area contributed by atoms with Gasteiger partial charge in [0, 0.05) is 49.8 Å². The zero-order chi connectivity index (χ0) is 21.0. The molecule has 2 aromatic carbocycles. The van der Waals surface area contributed by atoms with Crippen molar-refractivity contribution in [2.45, 2.75) is 19.5 Å². The van der Waals surface area contributed by atoms with Gasteiger partial charge in [-0.2, -0.15) is 10.2 Å². The summed E-state index contributed by atoms with van der Waals surface area (Å²) >= 11 is 0. The Kier molecular flexibility index (Phi) is 5.48. The van der Waals surface area contributed by atoms with E-state index < -0.39 is 0 Å². The van der Waals surface area contributed by atoms with Crippen LogP contribution in [0.5, 0.6) is 0 Å². The van der Waals surface area contributed by atoms with Gasteiger partial charge in [-0.15, -0.1) is 0 Å². The van der Waals surface area contributed by atoms with E-state index in [0.29, 0.717) is 24.4 Å². The first-order valence-corrected chi connectivity index (χ1v) is 10.6. The van der Waals surface area contributed by atoms with Crippen LogP contribution in [0, 0.1) is 11.3 Å². The second kappa shape index (κ2) is 8.72. The average Bonchev–Trinajstić information content (AvgIpc) is 3.43. The fourth-order valence-electron chi connectivity index (χ4n) is 4.12. The Morgan fingerprint density at radius 2 is 1.71 bits per heavy atom. The van der Waals surface area contributed by atoms with E-state index in [1.807, 2.05) is 42.6 Å². The molecule has 0 atom stereocenters. The number of hydrogen-bond donors (Lipinski definition) is 1. The van der Waals surface area contributed by atoms with E-state index in [2.05, 4.69) is 43.1 Å². The summed E-state index contributed by atoms with van der Waals surface area (Å²) in [6.45, 7) is 5.57. The molecule has 0 bridgehead atoms. The molecule has 0 aliphatic carbocycles. The Labute approximate surface area is 180 Å². The normalized spacial score (nSPS) is 15.3. The Bertz CT molecular complexity index is 1190. The molecule has 7 nitrogen and oxygen atoms in total. The summed E-state index contributed by atoms with van der Waals surface area (Å²) in [4.78, 5) is 12.7. The van der Waals surface area contributed by atoms with Crippen molar-refractivity contribution in [3.05, 3.63) is 83.1 Å². The van der Waals surface area contributed by atoms with Gasteiger partial charge in [0.15, 0.2) is 5.82 Å². The summed E-state index contributed by atoms with van der Waals surface area (Å²) in [7, 11) is 0. The first-order valence-electron chi connectivity index (χ1n) is 10.6. The molecule has 0 spiro atoms. The van der Waals surface area contributed by atoms with Crippen molar-refractivity contribution < 1.29 is 4.52 Å². The summed E-state index contributed by atoms with van der Waals surface area (Å²) in [5, 5.41) is 14.3. The van der Waals surface area contributed by atoms with E-state index >= 15 is 0 Å². The molecule has 1 N–H and O–H groups in total. The van der Waals surface area contributed by atoms with Crippen LogP contribution in [0.1, 0.15) is 28.4 Å². The number of nitrogens with one attached hydrogen (secondary N) is 1. The Balaban J connectivity index is 1.13. The molecule has 0 saturated carbocycles. The third kappa shape index (κ3) is 4.50. The largest absolute Gasteiger partial charge is 0.361 e. The second-order valence-electron chi connectivity index (χ2n) is 8.00. The average molecular weight is 412 g/mol. The van der Waals surface area contributed by atoms with Crippen LogP contribution in [0.3, 0.4) is 0 Å². The van der Waals surface area contributed by atoms with Crippen LogP contribution in [0.4, 0.5) is 0 Å². The third-order valence-electron chi connectivity index (χ3n) is 5.85. The molecule has 0 amide bonds. The van der Waals surface area contributed by atoms with Crippen molar-refractivity contribution in [3.8, 4) is 6.07 Å². The minimum atomic E-state index is 0.634. The van der Waals surface area contributed by atoms with Gasteiger partial charge in [-0.1, -0.05) is 35.5 Å². The molecule has 31 heavy (non-hydrogen) atoms. The fourth-order valence-corrected chi connectivity index (χ4v) is 4.12. The van der Waals surface area contributed by atoms with Crippen molar-refractivity contribution >= 4 is 10.9 Å². The predicted molar refractivity (Wildman–Crippen MR) is 117 cm³/mol. The van der Waals surface area contributed by atoms with Crippen molar-refractivity contribution in [2.24, 2.45) is 0 Å². The molecule has 1 aliphatic heterocycles. The highest BCUT2D eigenvalue weighted by atomic mass is 16.5. The number of aromatic amines is 1. The Morgan fingerprint density at radius 1 is 0.968 bits per heavy atom. The zero-order valence-electron chi connectivity index (χ0n) is 17.3. The van der Waals surface area contributed by atoms with E-state index in [4.69, 9.17) is 9.78 Å². The molecule has 2 aromatic heterocycles. The van der Waals surface area contributed by atoms with Crippen LogP contribution in [0.2, 0.25) is 0 Å². The lowest BCUT2D eigenvalue weighted by Crippen LogP contribution is -2.45. The molecule has 0 unspecified atom stereocenters. The van der Waals surface area contributed by atoms with Crippen LogP contribution in [0.25, 0.3) is 10.9 Å². The number of aromatic nitrogens is 3. The van der Waals surface area contributed by atoms with Gasteiger partial charge < -0.3 is 9.51 Å². The van der Waals surface area contributed by atoms with Gasteiger partial charge in [0.2, 0.25) is 5.89 Å². The SMILES string of the molecule is N#Cc1ccc(CN2CCN(Cc3noc(Cc4c[nH]c5ccccc45)n3)CC2)cc1. The number of nitriles is 1. The van der Waals surface area contributed by atoms with Gasteiger partial charge in [-0.3, -0.25) is 9.80 Å². The highest BCUT2D eigenvalue weighted by Crippen LogP contribution is 2.20. The zero-order valence-corrected chi connectivity index (χ0v) is 17.3. The monoisotopic (exact) mass is 412 g/mol. The highest BCUT2D eigenvalue weighted by molar-refractivity contribution is 5.83. The number of benzene rings is 2. The number of fused-ring (bicyclic) bond motifs is 1. The summed E-state index contributed by atoms with van der Waals surface area (Å²) in [5.74, 6) is 1.40. The number of hydrogen-bond acceptors (Lipinski definition) is 6. The first-order chi connectivity index (χ1) is 15.3. The van der Waals surface area contributed by atoms with Gasteiger partial charge in [0.1, 0.15) is 0 Å². The predicted octanol–water partition coefficient (Wildman–Crippen LogP) is 3.33. The Hall–Kier alpha value is -3.47. The molecule has 7 heteroatoms. The van der Waals surface area contributed by atoms with Crippen LogP contribution in [-0.4, -0.2) is 51.1 Å². The van der Waals surface area contributed by atoms with Crippen LogP contribution in [-0.2, 0) is 19.5 Å². The quantitative estimate of drug-likeness (QED) is 0.523. The van der Waals surface area contributed by atoms with Crippen LogP contribution in [0.15, 0.2) is 59.3 Å². The smallest absolute Gasteiger partial charge is 0.231 e. The van der Waals surface area contributed by atoms with Crippen molar-refractivity contribution in [2.75, 3.05) is 26.2 Å². The third-order valence-corrected chi connectivity index (χ3v) is 5.85. The molecule has 0 radical (unpaired) electrons.